The zero-order valence-electron chi connectivity index (χ0n) is 11.0. The molecule has 0 radical (unpaired) electrons. The summed E-state index contributed by atoms with van der Waals surface area (Å²) in [6.45, 7) is 0.145. The zero-order valence-corrected chi connectivity index (χ0v) is 11.0. The number of hydrogen-bond acceptors (Lipinski definition) is 4. The van der Waals surface area contributed by atoms with Gasteiger partial charge >= 0.3 is 0 Å². The minimum Gasteiger partial charge on any atom is -0.495 e. The minimum atomic E-state index is -1.24. The molecule has 0 fully saturated rings. The van der Waals surface area contributed by atoms with Gasteiger partial charge in [0.25, 0.3) is 0 Å². The summed E-state index contributed by atoms with van der Waals surface area (Å²) < 4.78 is 10.3. The van der Waals surface area contributed by atoms with Crippen LogP contribution in [0.5, 0.6) is 5.75 Å². The van der Waals surface area contributed by atoms with Crippen LogP contribution in [0.25, 0.3) is 0 Å². The average molecular weight is 259 g/mol. The van der Waals surface area contributed by atoms with E-state index in [4.69, 9.17) is 9.47 Å². The Labute approximate surface area is 112 Å². The summed E-state index contributed by atoms with van der Waals surface area (Å²) in [7, 11) is 3.13. The highest BCUT2D eigenvalue weighted by atomic mass is 16.5. The molecule has 1 unspecified atom stereocenters. The Bertz CT molecular complexity index is 530. The largest absolute Gasteiger partial charge is 0.495 e. The molecule has 0 saturated carbocycles. The number of hydrogen-bond donors (Lipinski definition) is 1. The Kier molecular flexibility index (Phi) is 4.14. The van der Waals surface area contributed by atoms with E-state index in [-0.39, 0.29) is 6.61 Å². The fourth-order valence-corrected chi connectivity index (χ4v) is 2.01. The lowest BCUT2D eigenvalue weighted by molar-refractivity contribution is -0.00364. The Morgan fingerprint density at radius 3 is 2.47 bits per heavy atom. The van der Waals surface area contributed by atoms with Crippen LogP contribution in [-0.4, -0.2) is 30.9 Å². The molecule has 100 valence electrons. The lowest BCUT2D eigenvalue weighted by atomic mass is 9.88. The number of nitrogens with zero attached hydrogens (tertiary/aromatic N) is 1. The molecule has 1 aromatic heterocycles. The molecule has 0 aliphatic carbocycles. The van der Waals surface area contributed by atoms with Gasteiger partial charge in [0.2, 0.25) is 0 Å². The average Bonchev–Trinajstić information content (AvgIpc) is 2.48. The number of benzene rings is 1. The summed E-state index contributed by atoms with van der Waals surface area (Å²) in [6.07, 6.45) is 3.22. The van der Waals surface area contributed by atoms with Crippen LogP contribution in [-0.2, 0) is 10.3 Å². The molecule has 0 bridgehead atoms. The Hall–Kier alpha value is -1.91. The Morgan fingerprint density at radius 1 is 1.11 bits per heavy atom. The van der Waals surface area contributed by atoms with Crippen molar-refractivity contribution in [2.75, 3.05) is 20.8 Å². The molecular formula is C15H17NO3. The van der Waals surface area contributed by atoms with E-state index < -0.39 is 5.60 Å². The maximum atomic E-state index is 11.0. The SMILES string of the molecule is COCC(O)(c1ccccc1)c1cncc(OC)c1. The second kappa shape index (κ2) is 5.82. The molecule has 0 aliphatic heterocycles. The number of ether oxygens (including phenoxy) is 2. The van der Waals surface area contributed by atoms with Crippen molar-refractivity contribution in [1.29, 1.82) is 0 Å². The summed E-state index contributed by atoms with van der Waals surface area (Å²) in [5.41, 5.74) is 0.157. The molecular weight excluding hydrogens is 242 g/mol. The first-order valence-electron chi connectivity index (χ1n) is 5.97. The number of aliphatic hydroxyl groups is 1. The van der Waals surface area contributed by atoms with Crippen molar-refractivity contribution in [1.82, 2.24) is 4.98 Å². The van der Waals surface area contributed by atoms with E-state index in [9.17, 15) is 5.11 Å². The maximum absolute atomic E-state index is 11.0. The first-order chi connectivity index (χ1) is 9.20. The molecule has 1 atom stereocenters. The van der Waals surface area contributed by atoms with Crippen molar-refractivity contribution in [3.05, 3.63) is 59.9 Å². The first-order valence-corrected chi connectivity index (χ1v) is 5.97. The number of rotatable bonds is 5. The van der Waals surface area contributed by atoms with E-state index in [0.717, 1.165) is 5.56 Å². The van der Waals surface area contributed by atoms with Crippen LogP contribution < -0.4 is 4.74 Å². The third kappa shape index (κ3) is 2.75. The van der Waals surface area contributed by atoms with Crippen LogP contribution in [0, 0.1) is 0 Å². The van der Waals surface area contributed by atoms with E-state index in [1.54, 1.807) is 32.7 Å². The summed E-state index contributed by atoms with van der Waals surface area (Å²) in [5.74, 6) is 0.600. The van der Waals surface area contributed by atoms with Gasteiger partial charge in [-0.25, -0.2) is 0 Å². The third-order valence-electron chi connectivity index (χ3n) is 3.03. The van der Waals surface area contributed by atoms with Gasteiger partial charge in [-0.15, -0.1) is 0 Å². The van der Waals surface area contributed by atoms with Crippen molar-refractivity contribution in [3.63, 3.8) is 0 Å². The summed E-state index contributed by atoms with van der Waals surface area (Å²) in [6, 6.07) is 11.1. The first kappa shape index (κ1) is 13.5. The minimum absolute atomic E-state index is 0.145. The molecule has 4 nitrogen and oxygen atoms in total. The fraction of sp³-hybridized carbons (Fsp3) is 0.267. The summed E-state index contributed by atoms with van der Waals surface area (Å²) >= 11 is 0. The van der Waals surface area contributed by atoms with Crippen molar-refractivity contribution in [3.8, 4) is 5.75 Å². The molecule has 1 N–H and O–H groups in total. The molecule has 4 heteroatoms. The third-order valence-corrected chi connectivity index (χ3v) is 3.03. The lowest BCUT2D eigenvalue weighted by Crippen LogP contribution is -2.32. The Balaban J connectivity index is 2.49. The van der Waals surface area contributed by atoms with Crippen molar-refractivity contribution >= 4 is 0 Å². The molecule has 0 amide bonds. The van der Waals surface area contributed by atoms with Crippen LogP contribution in [0.15, 0.2) is 48.8 Å². The zero-order chi connectivity index (χ0) is 13.7. The van der Waals surface area contributed by atoms with Crippen molar-refractivity contribution in [2.45, 2.75) is 5.60 Å². The Morgan fingerprint density at radius 2 is 1.84 bits per heavy atom. The molecule has 2 aromatic rings. The molecule has 1 aromatic carbocycles. The van der Waals surface area contributed by atoms with Gasteiger partial charge in [0.15, 0.2) is 0 Å². The molecule has 0 aliphatic rings. The quantitative estimate of drug-likeness (QED) is 0.892. The fourth-order valence-electron chi connectivity index (χ4n) is 2.01. The van der Waals surface area contributed by atoms with Gasteiger partial charge < -0.3 is 14.6 Å². The smallest absolute Gasteiger partial charge is 0.139 e. The number of pyridine rings is 1. The van der Waals surface area contributed by atoms with Gasteiger partial charge in [-0.1, -0.05) is 30.3 Å². The topological polar surface area (TPSA) is 51.6 Å². The van der Waals surface area contributed by atoms with Crippen LogP contribution in [0.1, 0.15) is 11.1 Å². The van der Waals surface area contributed by atoms with Crippen LogP contribution >= 0.6 is 0 Å². The predicted octanol–water partition coefficient (Wildman–Crippen LogP) is 1.97. The second-order valence-corrected chi connectivity index (χ2v) is 4.27. The van der Waals surface area contributed by atoms with E-state index in [1.807, 2.05) is 30.3 Å². The van der Waals surface area contributed by atoms with Gasteiger partial charge in [0.1, 0.15) is 11.4 Å². The van der Waals surface area contributed by atoms with Gasteiger partial charge in [-0.3, -0.25) is 4.98 Å². The number of methoxy groups -OCH3 is 2. The monoisotopic (exact) mass is 259 g/mol. The highest BCUT2D eigenvalue weighted by Crippen LogP contribution is 2.31. The highest BCUT2D eigenvalue weighted by molar-refractivity contribution is 5.37. The van der Waals surface area contributed by atoms with E-state index >= 15 is 0 Å². The maximum Gasteiger partial charge on any atom is 0.139 e. The normalized spacial score (nSPS) is 13.8. The van der Waals surface area contributed by atoms with Gasteiger partial charge in [-0.05, 0) is 11.6 Å². The summed E-state index contributed by atoms with van der Waals surface area (Å²) in [4.78, 5) is 4.09. The molecule has 0 saturated heterocycles. The van der Waals surface area contributed by atoms with E-state index in [2.05, 4.69) is 4.98 Å². The van der Waals surface area contributed by atoms with E-state index in [0.29, 0.717) is 11.3 Å². The molecule has 19 heavy (non-hydrogen) atoms. The van der Waals surface area contributed by atoms with E-state index in [1.165, 1.54) is 0 Å². The van der Waals surface area contributed by atoms with Gasteiger partial charge in [0.05, 0.1) is 19.9 Å². The second-order valence-electron chi connectivity index (χ2n) is 4.27. The molecule has 1 heterocycles. The predicted molar refractivity (Wildman–Crippen MR) is 72.1 cm³/mol. The highest BCUT2D eigenvalue weighted by Gasteiger charge is 2.32. The van der Waals surface area contributed by atoms with Crippen molar-refractivity contribution < 1.29 is 14.6 Å². The number of aromatic nitrogens is 1. The van der Waals surface area contributed by atoms with Crippen molar-refractivity contribution in [2.24, 2.45) is 0 Å². The molecule has 2 rings (SSSR count). The van der Waals surface area contributed by atoms with Crippen LogP contribution in [0.2, 0.25) is 0 Å². The summed E-state index contributed by atoms with van der Waals surface area (Å²) in [5, 5.41) is 11.0. The lowest BCUT2D eigenvalue weighted by Gasteiger charge is -2.28. The van der Waals surface area contributed by atoms with Gasteiger partial charge in [0, 0.05) is 18.9 Å². The van der Waals surface area contributed by atoms with Gasteiger partial charge in [-0.2, -0.15) is 0 Å². The van der Waals surface area contributed by atoms with Crippen LogP contribution in [0.3, 0.4) is 0 Å². The molecule has 0 spiro atoms. The standard InChI is InChI=1S/C15H17NO3/c1-18-11-15(17,12-6-4-3-5-7-12)13-8-14(19-2)10-16-9-13/h3-10,17H,11H2,1-2H3. The van der Waals surface area contributed by atoms with Crippen LogP contribution in [0.4, 0.5) is 0 Å².